The van der Waals surface area contributed by atoms with Crippen molar-refractivity contribution in [2.75, 3.05) is 24.2 Å². The molecule has 31 heavy (non-hydrogen) atoms. The topological polar surface area (TPSA) is 63.1 Å². The minimum absolute atomic E-state index is 0.130. The van der Waals surface area contributed by atoms with Crippen LogP contribution < -0.4 is 5.32 Å². The van der Waals surface area contributed by atoms with Crippen molar-refractivity contribution >= 4 is 23.4 Å². The predicted octanol–water partition coefficient (Wildman–Crippen LogP) is 4.18. The van der Waals surface area contributed by atoms with Crippen LogP contribution in [-0.2, 0) is 17.9 Å². The van der Waals surface area contributed by atoms with E-state index < -0.39 is 5.82 Å². The van der Waals surface area contributed by atoms with Crippen molar-refractivity contribution < 1.29 is 9.18 Å². The highest BCUT2D eigenvalue weighted by atomic mass is 32.2. The molecule has 0 bridgehead atoms. The van der Waals surface area contributed by atoms with Crippen LogP contribution in [0.1, 0.15) is 30.7 Å². The van der Waals surface area contributed by atoms with Crippen molar-refractivity contribution in [2.24, 2.45) is 0 Å². The lowest BCUT2D eigenvalue weighted by Gasteiger charge is -2.26. The number of rotatable bonds is 8. The molecule has 4 rings (SSSR count). The van der Waals surface area contributed by atoms with E-state index in [9.17, 15) is 9.18 Å². The number of carbonyl (C=O) groups excluding carboxylic acids is 1. The third-order valence-corrected chi connectivity index (χ3v) is 6.24. The van der Waals surface area contributed by atoms with E-state index in [1.807, 2.05) is 18.2 Å². The number of nitrogens with zero attached hydrogens (tertiary/aromatic N) is 4. The smallest absolute Gasteiger partial charge is 0.234 e. The molecule has 8 heteroatoms. The number of carbonyl (C=O) groups is 1. The number of hydrogen-bond donors (Lipinski definition) is 1. The lowest BCUT2D eigenvalue weighted by molar-refractivity contribution is -0.113. The molecule has 3 aromatic rings. The first kappa shape index (κ1) is 21.5. The minimum atomic E-state index is -0.447. The van der Waals surface area contributed by atoms with Crippen LogP contribution >= 0.6 is 11.8 Å². The fourth-order valence-electron chi connectivity index (χ4n) is 3.66. The Labute approximate surface area is 185 Å². The number of para-hydroxylation sites is 1. The molecule has 0 atom stereocenters. The molecule has 2 heterocycles. The molecule has 6 nitrogen and oxygen atoms in total. The molecule has 2 aromatic carbocycles. The van der Waals surface area contributed by atoms with Crippen molar-refractivity contribution in [1.82, 2.24) is 19.7 Å². The van der Waals surface area contributed by atoms with Crippen LogP contribution in [-0.4, -0.2) is 44.4 Å². The molecule has 0 aliphatic carbocycles. The molecule has 0 radical (unpaired) electrons. The van der Waals surface area contributed by atoms with Crippen molar-refractivity contribution in [2.45, 2.75) is 37.5 Å². The van der Waals surface area contributed by atoms with Crippen LogP contribution in [0.15, 0.2) is 59.8 Å². The van der Waals surface area contributed by atoms with Crippen molar-refractivity contribution in [3.63, 3.8) is 0 Å². The first-order chi connectivity index (χ1) is 15.2. The Hall–Kier alpha value is -2.71. The van der Waals surface area contributed by atoms with Gasteiger partial charge in [0.1, 0.15) is 11.6 Å². The third-order valence-electron chi connectivity index (χ3n) is 5.27. The van der Waals surface area contributed by atoms with Gasteiger partial charge in [0.15, 0.2) is 5.16 Å². The second-order valence-electron chi connectivity index (χ2n) is 7.62. The number of amides is 1. The lowest BCUT2D eigenvalue weighted by Crippen LogP contribution is -2.30. The normalized spacial score (nSPS) is 14.5. The summed E-state index contributed by atoms with van der Waals surface area (Å²) >= 11 is 1.32. The molecule has 1 amide bonds. The average Bonchev–Trinajstić information content (AvgIpc) is 3.16. The maximum absolute atomic E-state index is 13.8. The fraction of sp³-hybridized carbons (Fsp3) is 0.348. The van der Waals surface area contributed by atoms with Crippen LogP contribution in [0, 0.1) is 5.82 Å². The Morgan fingerprint density at radius 1 is 0.968 bits per heavy atom. The number of nitrogens with one attached hydrogen (secondary N) is 1. The van der Waals surface area contributed by atoms with E-state index in [0.29, 0.717) is 11.7 Å². The zero-order chi connectivity index (χ0) is 21.5. The first-order valence-corrected chi connectivity index (χ1v) is 11.5. The molecule has 1 fully saturated rings. The Morgan fingerprint density at radius 3 is 2.48 bits per heavy atom. The Balaban J connectivity index is 1.46. The van der Waals surface area contributed by atoms with Crippen LogP contribution in [0.4, 0.5) is 10.1 Å². The van der Waals surface area contributed by atoms with Gasteiger partial charge in [0.25, 0.3) is 0 Å². The highest BCUT2D eigenvalue weighted by Gasteiger charge is 2.19. The van der Waals surface area contributed by atoms with Gasteiger partial charge in [-0.05, 0) is 43.6 Å². The van der Waals surface area contributed by atoms with Crippen LogP contribution in [0.5, 0.6) is 0 Å². The van der Waals surface area contributed by atoms with Gasteiger partial charge >= 0.3 is 0 Å². The largest absolute Gasteiger partial charge is 0.323 e. The number of likely N-dealkylation sites (tertiary alicyclic amines) is 1. The predicted molar refractivity (Wildman–Crippen MR) is 120 cm³/mol. The van der Waals surface area contributed by atoms with E-state index in [2.05, 4.69) is 37.1 Å². The van der Waals surface area contributed by atoms with Gasteiger partial charge in [-0.2, -0.15) is 0 Å². The van der Waals surface area contributed by atoms with Crippen molar-refractivity contribution in [3.05, 3.63) is 71.8 Å². The molecular weight excluding hydrogens is 413 g/mol. The van der Waals surface area contributed by atoms with Gasteiger partial charge in [-0.15, -0.1) is 10.2 Å². The SMILES string of the molecule is O=C(CSc1nnc(CN2CCCCC2)n1Cc1ccccc1)Nc1ccccc1F. The van der Waals surface area contributed by atoms with E-state index in [1.165, 1.54) is 37.1 Å². The van der Waals surface area contributed by atoms with Crippen LogP contribution in [0.25, 0.3) is 0 Å². The Kier molecular flexibility index (Phi) is 7.32. The maximum Gasteiger partial charge on any atom is 0.234 e. The summed E-state index contributed by atoms with van der Waals surface area (Å²) in [5.41, 5.74) is 1.34. The van der Waals surface area contributed by atoms with Gasteiger partial charge in [-0.3, -0.25) is 9.69 Å². The van der Waals surface area contributed by atoms with E-state index >= 15 is 0 Å². The van der Waals surface area contributed by atoms with Gasteiger partial charge in [0.2, 0.25) is 5.91 Å². The summed E-state index contributed by atoms with van der Waals surface area (Å²) in [6, 6.07) is 16.3. The van der Waals surface area contributed by atoms with Crippen LogP contribution in [0.2, 0.25) is 0 Å². The number of hydrogen-bond acceptors (Lipinski definition) is 5. The second-order valence-corrected chi connectivity index (χ2v) is 8.57. The summed E-state index contributed by atoms with van der Waals surface area (Å²) in [7, 11) is 0. The summed E-state index contributed by atoms with van der Waals surface area (Å²) in [5, 5.41) is 12.1. The summed E-state index contributed by atoms with van der Waals surface area (Å²) in [4.78, 5) is 14.8. The summed E-state index contributed by atoms with van der Waals surface area (Å²) in [6.45, 7) is 3.55. The quantitative estimate of drug-likeness (QED) is 0.534. The second kappa shape index (κ2) is 10.5. The van der Waals surface area contributed by atoms with Gasteiger partial charge in [0, 0.05) is 0 Å². The summed E-state index contributed by atoms with van der Waals surface area (Å²) in [5.74, 6) is 0.312. The number of benzene rings is 2. The average molecular weight is 440 g/mol. The Morgan fingerprint density at radius 2 is 1.71 bits per heavy atom. The van der Waals surface area contributed by atoms with E-state index in [1.54, 1.807) is 18.2 Å². The first-order valence-electron chi connectivity index (χ1n) is 10.5. The highest BCUT2D eigenvalue weighted by Crippen LogP contribution is 2.22. The number of halogens is 1. The molecule has 0 spiro atoms. The molecule has 0 unspecified atom stereocenters. The standard InChI is InChI=1S/C23H26FN5OS/c24-19-11-5-6-12-20(19)25-22(30)17-31-23-27-26-21(16-28-13-7-2-8-14-28)29(23)15-18-9-3-1-4-10-18/h1,3-6,9-12H,2,7-8,13-17H2,(H,25,30). The highest BCUT2D eigenvalue weighted by molar-refractivity contribution is 7.99. The number of piperidine rings is 1. The molecule has 1 N–H and O–H groups in total. The van der Waals surface area contributed by atoms with Gasteiger partial charge in [-0.25, -0.2) is 4.39 Å². The number of thioether (sulfide) groups is 1. The van der Waals surface area contributed by atoms with Gasteiger partial charge in [-0.1, -0.05) is 60.6 Å². The van der Waals surface area contributed by atoms with E-state index in [4.69, 9.17) is 0 Å². The van der Waals surface area contributed by atoms with Crippen molar-refractivity contribution in [1.29, 1.82) is 0 Å². The number of aromatic nitrogens is 3. The lowest BCUT2D eigenvalue weighted by atomic mass is 10.1. The summed E-state index contributed by atoms with van der Waals surface area (Å²) < 4.78 is 15.9. The molecule has 1 saturated heterocycles. The monoisotopic (exact) mass is 439 g/mol. The molecule has 1 aliphatic rings. The zero-order valence-corrected chi connectivity index (χ0v) is 18.2. The van der Waals surface area contributed by atoms with Gasteiger partial charge < -0.3 is 9.88 Å². The van der Waals surface area contributed by atoms with Crippen molar-refractivity contribution in [3.8, 4) is 0 Å². The maximum atomic E-state index is 13.8. The molecule has 1 aromatic heterocycles. The summed E-state index contributed by atoms with van der Waals surface area (Å²) in [6.07, 6.45) is 3.71. The Bertz CT molecular complexity index is 1000. The van der Waals surface area contributed by atoms with E-state index in [0.717, 1.165) is 31.0 Å². The van der Waals surface area contributed by atoms with Gasteiger partial charge in [0.05, 0.1) is 24.5 Å². The minimum Gasteiger partial charge on any atom is -0.323 e. The molecule has 0 saturated carbocycles. The molecular formula is C23H26FN5OS. The van der Waals surface area contributed by atoms with E-state index in [-0.39, 0.29) is 17.3 Å². The number of anilines is 1. The van der Waals surface area contributed by atoms with Crippen LogP contribution in [0.3, 0.4) is 0 Å². The molecule has 162 valence electrons. The molecule has 1 aliphatic heterocycles. The fourth-order valence-corrected chi connectivity index (χ4v) is 4.42. The zero-order valence-electron chi connectivity index (χ0n) is 17.3. The third kappa shape index (κ3) is 5.92.